The molecule has 2 aromatic heterocycles. The van der Waals surface area contributed by atoms with Crippen LogP contribution in [0.15, 0.2) is 36.7 Å². The third-order valence-electron chi connectivity index (χ3n) is 2.43. The van der Waals surface area contributed by atoms with E-state index in [2.05, 4.69) is 9.97 Å². The van der Waals surface area contributed by atoms with Gasteiger partial charge in [0, 0.05) is 13.1 Å². The molecule has 0 aliphatic rings. The lowest BCUT2D eigenvalue weighted by molar-refractivity contribution is 0.0149. The number of nitrogens with zero attached hydrogens (tertiary/aromatic N) is 2. The van der Waals surface area contributed by atoms with Gasteiger partial charge in [-0.05, 0) is 24.3 Å². The lowest BCUT2D eigenvalue weighted by Gasteiger charge is -2.15. The third-order valence-corrected chi connectivity index (χ3v) is 2.43. The summed E-state index contributed by atoms with van der Waals surface area (Å²) < 4.78 is 32.3. The van der Waals surface area contributed by atoms with Crippen LogP contribution in [0.2, 0.25) is 0 Å². The molecule has 0 fully saturated rings. The van der Waals surface area contributed by atoms with Crippen LogP contribution in [0.5, 0.6) is 11.6 Å². The zero-order valence-electron chi connectivity index (χ0n) is 10.5. The van der Waals surface area contributed by atoms with Gasteiger partial charge in [0.05, 0.1) is 11.8 Å². The van der Waals surface area contributed by atoms with Crippen LogP contribution < -0.4 is 10.5 Å². The Bertz CT molecular complexity index is 627. The van der Waals surface area contributed by atoms with Gasteiger partial charge in [0.1, 0.15) is 11.4 Å². The van der Waals surface area contributed by atoms with Crippen molar-refractivity contribution in [1.29, 1.82) is 0 Å². The Morgan fingerprint density at radius 1 is 1.35 bits per heavy atom. The minimum absolute atomic E-state index is 0.156. The molecular weight excluding hydrogens is 268 g/mol. The summed E-state index contributed by atoms with van der Waals surface area (Å²) in [5.41, 5.74) is 4.48. The number of halogens is 2. The molecule has 7 heteroatoms. The minimum atomic E-state index is -3.17. The van der Waals surface area contributed by atoms with E-state index < -0.39 is 17.4 Å². The predicted molar refractivity (Wildman–Crippen MR) is 66.6 cm³/mol. The number of rotatable bonds is 4. The van der Waals surface area contributed by atoms with Crippen molar-refractivity contribution in [3.05, 3.63) is 47.9 Å². The molecule has 0 atom stereocenters. The average Bonchev–Trinajstić information content (AvgIpc) is 2.38. The highest BCUT2D eigenvalue weighted by Crippen LogP contribution is 2.35. The molecule has 2 heterocycles. The van der Waals surface area contributed by atoms with Crippen molar-refractivity contribution >= 4 is 5.91 Å². The Balaban J connectivity index is 2.47. The van der Waals surface area contributed by atoms with E-state index in [1.807, 2.05) is 0 Å². The fourth-order valence-electron chi connectivity index (χ4n) is 1.51. The van der Waals surface area contributed by atoms with Crippen LogP contribution in [0, 0.1) is 0 Å². The molecular formula is C13H11F2N3O2. The van der Waals surface area contributed by atoms with E-state index in [0.29, 0.717) is 6.92 Å². The monoisotopic (exact) mass is 279 g/mol. The molecule has 0 radical (unpaired) electrons. The number of carbonyl (C=O) groups excluding carboxylic acids is 1. The van der Waals surface area contributed by atoms with Crippen molar-refractivity contribution in [2.45, 2.75) is 12.8 Å². The van der Waals surface area contributed by atoms with E-state index >= 15 is 0 Å². The van der Waals surface area contributed by atoms with Gasteiger partial charge in [0.2, 0.25) is 5.88 Å². The van der Waals surface area contributed by atoms with E-state index in [1.165, 1.54) is 18.5 Å². The van der Waals surface area contributed by atoms with Crippen LogP contribution in [0.25, 0.3) is 0 Å². The Morgan fingerprint density at radius 2 is 2.10 bits per heavy atom. The maximum absolute atomic E-state index is 13.5. The van der Waals surface area contributed by atoms with E-state index in [4.69, 9.17) is 10.5 Å². The van der Waals surface area contributed by atoms with Crippen LogP contribution in [0.4, 0.5) is 8.78 Å². The number of hydrogen-bond donors (Lipinski definition) is 1. The molecule has 1 amide bonds. The lowest BCUT2D eigenvalue weighted by atomic mass is 10.1. The van der Waals surface area contributed by atoms with Gasteiger partial charge < -0.3 is 10.5 Å². The molecule has 0 saturated heterocycles. The Morgan fingerprint density at radius 3 is 2.65 bits per heavy atom. The van der Waals surface area contributed by atoms with E-state index in [9.17, 15) is 13.6 Å². The average molecular weight is 279 g/mol. The first-order valence-electron chi connectivity index (χ1n) is 5.65. The molecule has 20 heavy (non-hydrogen) atoms. The van der Waals surface area contributed by atoms with E-state index in [0.717, 1.165) is 12.1 Å². The SMILES string of the molecule is CC(F)(F)c1ccc(C(N)=O)nc1Oc1cccnc1. The molecule has 0 aliphatic carbocycles. The van der Waals surface area contributed by atoms with Gasteiger partial charge in [0.25, 0.3) is 11.8 Å². The van der Waals surface area contributed by atoms with E-state index in [-0.39, 0.29) is 17.3 Å². The van der Waals surface area contributed by atoms with Gasteiger partial charge >= 0.3 is 0 Å². The fourth-order valence-corrected chi connectivity index (χ4v) is 1.51. The molecule has 0 unspecified atom stereocenters. The maximum atomic E-state index is 13.5. The number of primary amides is 1. The number of hydrogen-bond acceptors (Lipinski definition) is 4. The van der Waals surface area contributed by atoms with Gasteiger partial charge in [-0.2, -0.15) is 0 Å². The van der Waals surface area contributed by atoms with Crippen molar-refractivity contribution < 1.29 is 18.3 Å². The molecule has 2 N–H and O–H groups in total. The maximum Gasteiger partial charge on any atom is 0.275 e. The minimum Gasteiger partial charge on any atom is -0.437 e. The summed E-state index contributed by atoms with van der Waals surface area (Å²) in [5.74, 6) is -4.14. The lowest BCUT2D eigenvalue weighted by Crippen LogP contribution is -2.16. The van der Waals surface area contributed by atoms with Gasteiger partial charge in [-0.1, -0.05) is 0 Å². The number of amides is 1. The summed E-state index contributed by atoms with van der Waals surface area (Å²) in [6, 6.07) is 5.31. The summed E-state index contributed by atoms with van der Waals surface area (Å²) in [6.07, 6.45) is 2.85. The Kier molecular flexibility index (Phi) is 3.60. The summed E-state index contributed by atoms with van der Waals surface area (Å²) in [7, 11) is 0. The van der Waals surface area contributed by atoms with Crippen LogP contribution in [-0.2, 0) is 5.92 Å². The van der Waals surface area contributed by atoms with Gasteiger partial charge in [-0.25, -0.2) is 13.8 Å². The van der Waals surface area contributed by atoms with Crippen molar-refractivity contribution in [2.24, 2.45) is 5.73 Å². The summed E-state index contributed by atoms with van der Waals surface area (Å²) in [6.45, 7) is 0.712. The van der Waals surface area contributed by atoms with Gasteiger partial charge in [-0.15, -0.1) is 0 Å². The highest BCUT2D eigenvalue weighted by atomic mass is 19.3. The largest absolute Gasteiger partial charge is 0.437 e. The Hall–Kier alpha value is -2.57. The van der Waals surface area contributed by atoms with Crippen molar-refractivity contribution in [1.82, 2.24) is 9.97 Å². The zero-order valence-corrected chi connectivity index (χ0v) is 10.5. The second kappa shape index (κ2) is 5.20. The number of alkyl halides is 2. The van der Waals surface area contributed by atoms with Crippen molar-refractivity contribution in [2.75, 3.05) is 0 Å². The van der Waals surface area contributed by atoms with Crippen molar-refractivity contribution in [3.8, 4) is 11.6 Å². The van der Waals surface area contributed by atoms with Crippen LogP contribution in [0.1, 0.15) is 23.0 Å². The highest BCUT2D eigenvalue weighted by molar-refractivity contribution is 5.90. The first-order valence-corrected chi connectivity index (χ1v) is 5.65. The second-order valence-electron chi connectivity index (χ2n) is 4.09. The first-order chi connectivity index (χ1) is 9.38. The first kappa shape index (κ1) is 13.9. The second-order valence-corrected chi connectivity index (χ2v) is 4.09. The standard InChI is InChI=1S/C13H11F2N3O2/c1-13(14,15)9-4-5-10(11(16)19)18-12(9)20-8-3-2-6-17-7-8/h2-7H,1H3,(H2,16,19). The molecule has 0 saturated carbocycles. The van der Waals surface area contributed by atoms with Crippen LogP contribution >= 0.6 is 0 Å². The van der Waals surface area contributed by atoms with Crippen LogP contribution in [-0.4, -0.2) is 15.9 Å². The predicted octanol–water partition coefficient (Wildman–Crippen LogP) is 2.48. The highest BCUT2D eigenvalue weighted by Gasteiger charge is 2.30. The third kappa shape index (κ3) is 3.05. The molecule has 5 nitrogen and oxygen atoms in total. The number of carbonyl (C=O) groups is 1. The Labute approximate surface area is 113 Å². The summed E-state index contributed by atoms with van der Waals surface area (Å²) in [4.78, 5) is 18.6. The van der Waals surface area contributed by atoms with E-state index in [1.54, 1.807) is 6.07 Å². The summed E-state index contributed by atoms with van der Waals surface area (Å²) in [5, 5.41) is 0. The van der Waals surface area contributed by atoms with Gasteiger partial charge in [-0.3, -0.25) is 9.78 Å². The number of aromatic nitrogens is 2. The smallest absolute Gasteiger partial charge is 0.275 e. The number of pyridine rings is 2. The zero-order chi connectivity index (χ0) is 14.8. The molecule has 2 aromatic rings. The molecule has 0 aliphatic heterocycles. The summed E-state index contributed by atoms with van der Waals surface area (Å²) >= 11 is 0. The fraction of sp³-hybridized carbons (Fsp3) is 0.154. The normalized spacial score (nSPS) is 11.2. The molecule has 2 rings (SSSR count). The number of nitrogens with two attached hydrogens (primary N) is 1. The molecule has 0 spiro atoms. The topological polar surface area (TPSA) is 78.1 Å². The molecule has 0 aromatic carbocycles. The van der Waals surface area contributed by atoms with Crippen LogP contribution in [0.3, 0.4) is 0 Å². The quantitative estimate of drug-likeness (QED) is 0.932. The molecule has 104 valence electrons. The van der Waals surface area contributed by atoms with Crippen molar-refractivity contribution in [3.63, 3.8) is 0 Å². The molecule has 0 bridgehead atoms. The van der Waals surface area contributed by atoms with Gasteiger partial charge in [0.15, 0.2) is 0 Å². The number of ether oxygens (including phenoxy) is 1.